The number of nitrogens with one attached hydrogen (secondary N) is 2. The van der Waals surface area contributed by atoms with Crippen LogP contribution in [-0.4, -0.2) is 39.3 Å². The lowest BCUT2D eigenvalue weighted by atomic mass is 9.96. The monoisotopic (exact) mass is 966 g/mol. The van der Waals surface area contributed by atoms with Gasteiger partial charge in [-0.05, 0) is 42.5 Å². The molecular weight excluding hydrogens is 939 g/mol. The number of benzene rings is 2. The van der Waals surface area contributed by atoms with Crippen LogP contribution in [0.5, 0.6) is 23.0 Å². The number of rotatable bonds is 9. The summed E-state index contributed by atoms with van der Waals surface area (Å²) in [6, 6.07) is 11.1. The molecule has 66 heavy (non-hydrogen) atoms. The SMILES string of the molecule is CC(C)(C)c1ncc(Cn2cnc(C(F)(F)F)c(Oc3cc(Cl)cc(C#N)c3)c2=O)c(=O)[nH]1.CC(F)(F)c1cc(Cn2cnc(C(F)(F)F)c(Oc3cc(Cl)cc(C#N)c3)c2=O)c(=O)[nH]n1. The third-order valence-corrected chi connectivity index (χ3v) is 9.00. The largest absolute Gasteiger partial charge is 0.449 e. The maximum atomic E-state index is 13.5. The number of nitriles is 2. The van der Waals surface area contributed by atoms with Crippen LogP contribution in [0.2, 0.25) is 10.0 Å². The third kappa shape index (κ3) is 12.0. The number of halogens is 10. The van der Waals surface area contributed by atoms with Crippen LogP contribution < -0.4 is 31.7 Å². The van der Waals surface area contributed by atoms with Gasteiger partial charge in [0.1, 0.15) is 23.0 Å². The fraction of sp³-hybridized carbons (Fsp3) is 0.250. The number of hydrogen-bond acceptors (Lipinski definition) is 12. The van der Waals surface area contributed by atoms with E-state index in [9.17, 15) is 54.3 Å². The number of ether oxygens (including phenoxy) is 2. The molecule has 0 aliphatic carbocycles. The number of hydrogen-bond donors (Lipinski definition) is 2. The Morgan fingerprint density at radius 3 is 1.50 bits per heavy atom. The summed E-state index contributed by atoms with van der Waals surface area (Å²) in [6.07, 6.45) is -7.68. The summed E-state index contributed by atoms with van der Waals surface area (Å²) < 4.78 is 120. The van der Waals surface area contributed by atoms with E-state index < -0.39 is 87.6 Å². The van der Waals surface area contributed by atoms with Crippen LogP contribution in [0, 0.1) is 22.7 Å². The van der Waals surface area contributed by atoms with Crippen LogP contribution >= 0.6 is 23.2 Å². The second-order valence-electron chi connectivity index (χ2n) is 14.8. The molecule has 0 unspecified atom stereocenters. The lowest BCUT2D eigenvalue weighted by molar-refractivity contribution is -0.143. The molecule has 0 aliphatic heterocycles. The first kappa shape index (κ1) is 49.6. The van der Waals surface area contributed by atoms with Gasteiger partial charge in [-0.15, -0.1) is 0 Å². The van der Waals surface area contributed by atoms with Crippen molar-refractivity contribution in [1.29, 1.82) is 10.5 Å². The number of aromatic nitrogens is 8. The average molecular weight is 968 g/mol. The molecule has 6 rings (SSSR count). The molecule has 344 valence electrons. The van der Waals surface area contributed by atoms with Crippen molar-refractivity contribution >= 4 is 23.2 Å². The van der Waals surface area contributed by atoms with Crippen molar-refractivity contribution in [2.24, 2.45) is 0 Å². The Balaban J connectivity index is 0.000000247. The van der Waals surface area contributed by atoms with E-state index in [2.05, 4.69) is 25.0 Å². The number of nitrogens with zero attached hydrogens (tertiary/aromatic N) is 8. The van der Waals surface area contributed by atoms with E-state index >= 15 is 0 Å². The van der Waals surface area contributed by atoms with Crippen molar-refractivity contribution in [3.05, 3.63) is 158 Å². The van der Waals surface area contributed by atoms with Crippen LogP contribution in [-0.2, 0) is 36.8 Å². The minimum Gasteiger partial charge on any atom is -0.449 e. The average Bonchev–Trinajstić information content (AvgIpc) is 3.20. The molecule has 16 nitrogen and oxygen atoms in total. The van der Waals surface area contributed by atoms with Crippen LogP contribution in [0.4, 0.5) is 35.1 Å². The molecule has 0 spiro atoms. The van der Waals surface area contributed by atoms with Gasteiger partial charge in [0.05, 0.1) is 54.6 Å². The molecular formula is C40H28Cl2F8N10O6. The summed E-state index contributed by atoms with van der Waals surface area (Å²) in [5, 5.41) is 23.1. The smallest absolute Gasteiger partial charge is 0.437 e. The number of alkyl halides is 8. The summed E-state index contributed by atoms with van der Waals surface area (Å²) in [4.78, 5) is 63.4. The highest BCUT2D eigenvalue weighted by atomic mass is 35.5. The van der Waals surface area contributed by atoms with Crippen LogP contribution in [0.3, 0.4) is 0 Å². The van der Waals surface area contributed by atoms with Gasteiger partial charge >= 0.3 is 12.4 Å². The Hall–Kier alpha value is -7.44. The topological polar surface area (TPSA) is 227 Å². The molecule has 0 saturated carbocycles. The fourth-order valence-corrected chi connectivity index (χ4v) is 5.88. The van der Waals surface area contributed by atoms with Gasteiger partial charge in [0.25, 0.3) is 28.2 Å². The maximum absolute atomic E-state index is 13.5. The van der Waals surface area contributed by atoms with E-state index in [0.29, 0.717) is 30.0 Å². The highest BCUT2D eigenvalue weighted by Gasteiger charge is 2.40. The molecule has 26 heteroatoms. The predicted molar refractivity (Wildman–Crippen MR) is 216 cm³/mol. The van der Waals surface area contributed by atoms with Gasteiger partial charge in [0, 0.05) is 34.1 Å². The lowest BCUT2D eigenvalue weighted by Crippen LogP contribution is -2.30. The Morgan fingerprint density at radius 2 is 1.11 bits per heavy atom. The molecule has 4 aromatic heterocycles. The highest BCUT2D eigenvalue weighted by molar-refractivity contribution is 6.31. The molecule has 4 heterocycles. The van der Waals surface area contributed by atoms with Gasteiger partial charge in [-0.1, -0.05) is 44.0 Å². The van der Waals surface area contributed by atoms with E-state index in [1.165, 1.54) is 18.3 Å². The Bertz CT molecular complexity index is 3160. The normalized spacial score (nSPS) is 11.8. The van der Waals surface area contributed by atoms with E-state index in [1.54, 1.807) is 12.1 Å². The molecule has 0 saturated heterocycles. The summed E-state index contributed by atoms with van der Waals surface area (Å²) in [7, 11) is 0. The first-order valence-corrected chi connectivity index (χ1v) is 19.0. The first-order valence-electron chi connectivity index (χ1n) is 18.2. The molecule has 0 amide bonds. The zero-order chi connectivity index (χ0) is 49.1. The third-order valence-electron chi connectivity index (χ3n) is 8.57. The minimum absolute atomic E-state index is 0.0202. The predicted octanol–water partition coefficient (Wildman–Crippen LogP) is 7.83. The summed E-state index contributed by atoms with van der Waals surface area (Å²) in [5.41, 5.74) is -8.90. The molecule has 2 N–H and O–H groups in total. The second kappa shape index (κ2) is 19.0. The maximum Gasteiger partial charge on any atom is 0.437 e. The van der Waals surface area contributed by atoms with Gasteiger partial charge in [-0.2, -0.15) is 50.7 Å². The summed E-state index contributed by atoms with van der Waals surface area (Å²) in [5.74, 6) is -6.00. The van der Waals surface area contributed by atoms with Crippen molar-refractivity contribution in [1.82, 2.24) is 39.3 Å². The number of H-pyrrole nitrogens is 2. The zero-order valence-electron chi connectivity index (χ0n) is 34.0. The molecule has 0 bridgehead atoms. The molecule has 2 aromatic carbocycles. The molecule has 0 aliphatic rings. The first-order chi connectivity index (χ1) is 30.6. The van der Waals surface area contributed by atoms with E-state index in [-0.39, 0.29) is 43.8 Å². The van der Waals surface area contributed by atoms with Gasteiger partial charge < -0.3 is 14.5 Å². The fourth-order valence-electron chi connectivity index (χ4n) is 5.43. The van der Waals surface area contributed by atoms with E-state index in [0.717, 1.165) is 34.9 Å². The standard InChI is InChI=1S/C21H17ClF3N5O3.C19H11ClF5N5O3/c1-20(2,3)19-27-8-12(17(31)29-19)9-30-10-28-16(21(23,24)25)15(18(30)32)33-14-5-11(7-26)4-13(22)6-14;1-18(21,22)13-4-10(16(31)29-28-13)7-30-8-27-15(19(23,24)25)14(17(30)32)33-12-3-9(6-26)2-11(20)5-12/h4-6,8,10H,9H2,1-3H3,(H,27,29,31);2-5,8H,7H2,1H3,(H,29,31). The Labute approximate surface area is 374 Å². The Kier molecular flexibility index (Phi) is 14.2. The zero-order valence-corrected chi connectivity index (χ0v) is 35.5. The van der Waals surface area contributed by atoms with Crippen molar-refractivity contribution in [2.45, 2.75) is 64.5 Å². The van der Waals surface area contributed by atoms with Gasteiger partial charge in [-0.3, -0.25) is 28.3 Å². The summed E-state index contributed by atoms with van der Waals surface area (Å²) in [6.45, 7) is 4.94. The van der Waals surface area contributed by atoms with E-state index in [1.807, 2.05) is 25.9 Å². The summed E-state index contributed by atoms with van der Waals surface area (Å²) >= 11 is 11.7. The quantitative estimate of drug-likeness (QED) is 0.132. The van der Waals surface area contributed by atoms with Crippen LogP contribution in [0.25, 0.3) is 0 Å². The Morgan fingerprint density at radius 1 is 0.652 bits per heavy atom. The van der Waals surface area contributed by atoms with Crippen LogP contribution in [0.15, 0.2) is 80.5 Å². The van der Waals surface area contributed by atoms with Gasteiger partial charge in [-0.25, -0.2) is 20.1 Å². The molecule has 6 aromatic rings. The lowest BCUT2D eigenvalue weighted by Gasteiger charge is -2.17. The second-order valence-corrected chi connectivity index (χ2v) is 15.7. The van der Waals surface area contributed by atoms with E-state index in [4.69, 9.17) is 43.2 Å². The molecule has 0 radical (unpaired) electrons. The van der Waals surface area contributed by atoms with Gasteiger partial charge in [0.2, 0.25) is 11.5 Å². The molecule has 0 fully saturated rings. The van der Waals surface area contributed by atoms with Crippen molar-refractivity contribution < 1.29 is 44.6 Å². The van der Waals surface area contributed by atoms with Crippen molar-refractivity contribution in [2.75, 3.05) is 0 Å². The highest BCUT2D eigenvalue weighted by Crippen LogP contribution is 2.37. The van der Waals surface area contributed by atoms with Crippen molar-refractivity contribution in [3.63, 3.8) is 0 Å². The molecule has 0 atom stereocenters. The van der Waals surface area contributed by atoms with Gasteiger partial charge in [0.15, 0.2) is 11.4 Å². The van der Waals surface area contributed by atoms with Crippen LogP contribution in [0.1, 0.15) is 72.9 Å². The minimum atomic E-state index is -5.10. The van der Waals surface area contributed by atoms with Crippen molar-refractivity contribution in [3.8, 4) is 35.1 Å². The number of aromatic amines is 2.